The van der Waals surface area contributed by atoms with Gasteiger partial charge >= 0.3 is 0 Å². The van der Waals surface area contributed by atoms with Crippen LogP contribution in [0.5, 0.6) is 5.75 Å². The molecule has 1 heterocycles. The first-order valence-corrected chi connectivity index (χ1v) is 11.7. The molecule has 30 heavy (non-hydrogen) atoms. The number of rotatable bonds is 6. The number of nitrogens with zero attached hydrogens (tertiary/aromatic N) is 1. The monoisotopic (exact) mass is 430 g/mol. The third kappa shape index (κ3) is 4.84. The molecule has 0 aromatic heterocycles. The van der Waals surface area contributed by atoms with E-state index in [0.29, 0.717) is 31.7 Å². The van der Waals surface area contributed by atoms with E-state index >= 15 is 0 Å². The van der Waals surface area contributed by atoms with E-state index in [1.54, 1.807) is 12.1 Å². The van der Waals surface area contributed by atoms with Gasteiger partial charge in [-0.25, -0.2) is 8.42 Å². The number of benzene rings is 2. The number of aryl methyl sites for hydroxylation is 1. The Hall–Kier alpha value is -2.38. The van der Waals surface area contributed by atoms with Crippen LogP contribution in [0.15, 0.2) is 47.4 Å². The molecule has 0 saturated carbocycles. The summed E-state index contributed by atoms with van der Waals surface area (Å²) in [5.74, 6) is 0.289. The van der Waals surface area contributed by atoms with Gasteiger partial charge in [-0.3, -0.25) is 4.79 Å². The van der Waals surface area contributed by atoms with E-state index in [2.05, 4.69) is 5.32 Å². The van der Waals surface area contributed by atoms with Crippen LogP contribution in [-0.2, 0) is 14.8 Å². The fourth-order valence-electron chi connectivity index (χ4n) is 3.63. The maximum absolute atomic E-state index is 13.3. The summed E-state index contributed by atoms with van der Waals surface area (Å²) in [6.07, 6.45) is 0.978. The number of methoxy groups -OCH3 is 1. The first kappa shape index (κ1) is 22.3. The molecule has 1 aliphatic heterocycles. The van der Waals surface area contributed by atoms with Gasteiger partial charge in [-0.2, -0.15) is 4.31 Å². The Labute approximate surface area is 179 Å². The summed E-state index contributed by atoms with van der Waals surface area (Å²) < 4.78 is 33.4. The topological polar surface area (TPSA) is 75.7 Å². The van der Waals surface area contributed by atoms with Crippen LogP contribution in [0.4, 0.5) is 5.69 Å². The van der Waals surface area contributed by atoms with E-state index in [1.807, 2.05) is 51.1 Å². The Kier molecular flexibility index (Phi) is 6.83. The van der Waals surface area contributed by atoms with Crippen LogP contribution in [0, 0.1) is 12.8 Å². The molecular formula is C23H30N2O4S. The van der Waals surface area contributed by atoms with E-state index < -0.39 is 10.0 Å². The second kappa shape index (κ2) is 9.18. The molecule has 2 aromatic rings. The predicted molar refractivity (Wildman–Crippen MR) is 118 cm³/mol. The van der Waals surface area contributed by atoms with Crippen molar-refractivity contribution in [1.82, 2.24) is 4.31 Å². The Morgan fingerprint density at radius 3 is 2.30 bits per heavy atom. The molecule has 1 saturated heterocycles. The summed E-state index contributed by atoms with van der Waals surface area (Å²) in [5.41, 5.74) is 2.83. The van der Waals surface area contributed by atoms with E-state index in [9.17, 15) is 13.2 Å². The Morgan fingerprint density at radius 2 is 1.73 bits per heavy atom. The maximum atomic E-state index is 13.3. The molecule has 1 amide bonds. The largest absolute Gasteiger partial charge is 0.495 e. The molecule has 0 aliphatic carbocycles. The standard InChI is InChI=1S/C23H30N2O4S/c1-16(2)19-7-10-21(29-4)22(15-19)30(27,28)25-13-11-18(12-14-25)23(26)24-20-8-5-17(3)6-9-20/h5-10,15-16,18H,11-14H2,1-4H3,(H,24,26). The second-order valence-electron chi connectivity index (χ2n) is 8.10. The third-order valence-electron chi connectivity index (χ3n) is 5.62. The summed E-state index contributed by atoms with van der Waals surface area (Å²) in [4.78, 5) is 12.8. The van der Waals surface area contributed by atoms with Crippen LogP contribution >= 0.6 is 0 Å². The molecule has 0 spiro atoms. The van der Waals surface area contributed by atoms with Gasteiger partial charge in [-0.05, 0) is 55.5 Å². The molecular weight excluding hydrogens is 400 g/mol. The predicted octanol–water partition coefficient (Wildman–Crippen LogP) is 4.17. The minimum absolute atomic E-state index is 0.0599. The number of carbonyl (C=O) groups is 1. The molecule has 0 atom stereocenters. The lowest BCUT2D eigenvalue weighted by molar-refractivity contribution is -0.120. The number of piperidine rings is 1. The summed E-state index contributed by atoms with van der Waals surface area (Å²) in [6.45, 7) is 6.66. The van der Waals surface area contributed by atoms with Gasteiger partial charge in [0.2, 0.25) is 15.9 Å². The van der Waals surface area contributed by atoms with Gasteiger partial charge in [0.1, 0.15) is 10.6 Å². The van der Waals surface area contributed by atoms with Gasteiger partial charge in [-0.1, -0.05) is 37.6 Å². The van der Waals surface area contributed by atoms with E-state index in [0.717, 1.165) is 16.8 Å². The highest BCUT2D eigenvalue weighted by molar-refractivity contribution is 7.89. The Morgan fingerprint density at radius 1 is 1.10 bits per heavy atom. The van der Waals surface area contributed by atoms with Crippen molar-refractivity contribution >= 4 is 21.6 Å². The number of amides is 1. The number of nitrogens with one attached hydrogen (secondary N) is 1. The highest BCUT2D eigenvalue weighted by Gasteiger charge is 2.34. The highest BCUT2D eigenvalue weighted by Crippen LogP contribution is 2.32. The SMILES string of the molecule is COc1ccc(C(C)C)cc1S(=O)(=O)N1CCC(C(=O)Nc2ccc(C)cc2)CC1. The maximum Gasteiger partial charge on any atom is 0.246 e. The lowest BCUT2D eigenvalue weighted by Gasteiger charge is -2.31. The molecule has 1 fully saturated rings. The van der Waals surface area contributed by atoms with Crippen molar-refractivity contribution in [3.05, 3.63) is 53.6 Å². The first-order valence-electron chi connectivity index (χ1n) is 10.3. The summed E-state index contributed by atoms with van der Waals surface area (Å²) in [7, 11) is -2.22. The van der Waals surface area contributed by atoms with Crippen molar-refractivity contribution in [2.24, 2.45) is 5.92 Å². The molecule has 1 aliphatic rings. The Bertz CT molecular complexity index is 992. The average molecular weight is 431 g/mol. The second-order valence-corrected chi connectivity index (χ2v) is 10.0. The molecule has 0 unspecified atom stereocenters. The number of hydrogen-bond acceptors (Lipinski definition) is 4. The van der Waals surface area contributed by atoms with Gasteiger partial charge in [0.05, 0.1) is 7.11 Å². The number of hydrogen-bond donors (Lipinski definition) is 1. The molecule has 7 heteroatoms. The van der Waals surface area contributed by atoms with Crippen LogP contribution in [0.1, 0.15) is 43.7 Å². The molecule has 1 N–H and O–H groups in total. The number of carbonyl (C=O) groups excluding carboxylic acids is 1. The normalized spacial score (nSPS) is 15.9. The molecule has 0 bridgehead atoms. The first-order chi connectivity index (χ1) is 14.2. The minimum Gasteiger partial charge on any atom is -0.495 e. The number of sulfonamides is 1. The van der Waals surface area contributed by atoms with Gasteiger partial charge in [0, 0.05) is 24.7 Å². The summed E-state index contributed by atoms with van der Waals surface area (Å²) >= 11 is 0. The van der Waals surface area contributed by atoms with Crippen molar-refractivity contribution in [2.45, 2.75) is 44.4 Å². The van der Waals surface area contributed by atoms with E-state index in [4.69, 9.17) is 4.74 Å². The summed E-state index contributed by atoms with van der Waals surface area (Å²) in [6, 6.07) is 13.0. The number of ether oxygens (including phenoxy) is 1. The zero-order chi connectivity index (χ0) is 21.9. The zero-order valence-electron chi connectivity index (χ0n) is 18.0. The number of anilines is 1. The fraction of sp³-hybridized carbons (Fsp3) is 0.435. The fourth-order valence-corrected chi connectivity index (χ4v) is 5.29. The van der Waals surface area contributed by atoms with Crippen molar-refractivity contribution in [2.75, 3.05) is 25.5 Å². The average Bonchev–Trinajstić information content (AvgIpc) is 2.74. The van der Waals surface area contributed by atoms with Crippen molar-refractivity contribution < 1.29 is 17.9 Å². The Balaban J connectivity index is 1.70. The van der Waals surface area contributed by atoms with Crippen LogP contribution in [0.2, 0.25) is 0 Å². The highest BCUT2D eigenvalue weighted by atomic mass is 32.2. The quantitative estimate of drug-likeness (QED) is 0.746. The minimum atomic E-state index is -3.70. The van der Waals surface area contributed by atoms with E-state index in [1.165, 1.54) is 11.4 Å². The smallest absolute Gasteiger partial charge is 0.246 e. The lowest BCUT2D eigenvalue weighted by atomic mass is 9.97. The van der Waals surface area contributed by atoms with Gasteiger partial charge in [-0.15, -0.1) is 0 Å². The van der Waals surface area contributed by atoms with Gasteiger partial charge < -0.3 is 10.1 Å². The molecule has 0 radical (unpaired) electrons. The van der Waals surface area contributed by atoms with Crippen LogP contribution in [0.25, 0.3) is 0 Å². The van der Waals surface area contributed by atoms with Crippen molar-refractivity contribution in [3.63, 3.8) is 0 Å². The molecule has 2 aromatic carbocycles. The third-order valence-corrected chi connectivity index (χ3v) is 7.54. The zero-order valence-corrected chi connectivity index (χ0v) is 18.8. The molecule has 6 nitrogen and oxygen atoms in total. The van der Waals surface area contributed by atoms with Crippen LogP contribution in [-0.4, -0.2) is 38.8 Å². The van der Waals surface area contributed by atoms with E-state index in [-0.39, 0.29) is 22.6 Å². The van der Waals surface area contributed by atoms with Crippen LogP contribution < -0.4 is 10.1 Å². The molecule has 3 rings (SSSR count). The van der Waals surface area contributed by atoms with Crippen molar-refractivity contribution in [3.8, 4) is 5.75 Å². The van der Waals surface area contributed by atoms with Gasteiger partial charge in [0.15, 0.2) is 0 Å². The lowest BCUT2D eigenvalue weighted by Crippen LogP contribution is -2.41. The summed E-state index contributed by atoms with van der Waals surface area (Å²) in [5, 5.41) is 2.94. The van der Waals surface area contributed by atoms with Crippen LogP contribution in [0.3, 0.4) is 0 Å². The van der Waals surface area contributed by atoms with Gasteiger partial charge in [0.25, 0.3) is 0 Å². The molecule has 162 valence electrons. The van der Waals surface area contributed by atoms with Crippen molar-refractivity contribution in [1.29, 1.82) is 0 Å².